The van der Waals surface area contributed by atoms with Crippen LogP contribution in [0.25, 0.3) is 10.9 Å². The third-order valence-corrected chi connectivity index (χ3v) is 5.01. The second kappa shape index (κ2) is 7.15. The molecule has 138 valence electrons. The fraction of sp³-hybridized carbons (Fsp3) is 0.238. The second-order valence-electron chi connectivity index (χ2n) is 6.53. The number of anilines is 1. The van der Waals surface area contributed by atoms with E-state index in [0.29, 0.717) is 31.6 Å². The van der Waals surface area contributed by atoms with E-state index in [1.54, 1.807) is 24.1 Å². The Morgan fingerprint density at radius 2 is 1.70 bits per heavy atom. The molecule has 0 radical (unpaired) electrons. The van der Waals surface area contributed by atoms with E-state index in [1.165, 1.54) is 6.20 Å². The summed E-state index contributed by atoms with van der Waals surface area (Å²) in [5.41, 5.74) is 1.73. The van der Waals surface area contributed by atoms with E-state index in [9.17, 15) is 9.59 Å². The molecule has 1 aliphatic heterocycles. The van der Waals surface area contributed by atoms with Gasteiger partial charge < -0.3 is 19.5 Å². The Hall–Kier alpha value is -3.28. The molecule has 2 heterocycles. The van der Waals surface area contributed by atoms with Crippen molar-refractivity contribution in [3.05, 3.63) is 70.5 Å². The predicted octanol–water partition coefficient (Wildman–Crippen LogP) is 2.50. The highest BCUT2D eigenvalue weighted by Gasteiger charge is 2.25. The monoisotopic (exact) mass is 363 g/mol. The number of rotatable bonds is 3. The zero-order valence-corrected chi connectivity index (χ0v) is 15.1. The number of hydrogen-bond donors (Lipinski definition) is 1. The van der Waals surface area contributed by atoms with Crippen LogP contribution in [0.2, 0.25) is 0 Å². The molecule has 1 aliphatic rings. The van der Waals surface area contributed by atoms with Gasteiger partial charge in [-0.3, -0.25) is 9.59 Å². The van der Waals surface area contributed by atoms with Gasteiger partial charge in [0, 0.05) is 43.3 Å². The maximum absolute atomic E-state index is 12.9. The molecule has 0 aliphatic carbocycles. The number of nitrogens with zero attached hydrogens (tertiary/aromatic N) is 2. The van der Waals surface area contributed by atoms with Gasteiger partial charge in [-0.2, -0.15) is 0 Å². The molecular formula is C21H21N3O3. The number of ether oxygens (including phenoxy) is 1. The molecule has 1 N–H and O–H groups in total. The summed E-state index contributed by atoms with van der Waals surface area (Å²) < 4.78 is 5.43. The number of aromatic amines is 1. The number of fused-ring (bicyclic) bond motifs is 1. The molecular weight excluding hydrogens is 342 g/mol. The van der Waals surface area contributed by atoms with Crippen molar-refractivity contribution < 1.29 is 9.53 Å². The maximum Gasteiger partial charge on any atom is 0.259 e. The first-order valence-electron chi connectivity index (χ1n) is 8.96. The lowest BCUT2D eigenvalue weighted by Crippen LogP contribution is -2.49. The number of benzene rings is 2. The van der Waals surface area contributed by atoms with Crippen LogP contribution in [0.1, 0.15) is 10.4 Å². The number of piperazine rings is 1. The average molecular weight is 363 g/mol. The van der Waals surface area contributed by atoms with Gasteiger partial charge >= 0.3 is 0 Å². The van der Waals surface area contributed by atoms with Gasteiger partial charge in [0.05, 0.1) is 12.8 Å². The Morgan fingerprint density at radius 1 is 1.00 bits per heavy atom. The molecule has 0 spiro atoms. The molecule has 0 atom stereocenters. The Bertz CT molecular complexity index is 1040. The van der Waals surface area contributed by atoms with E-state index in [4.69, 9.17) is 4.74 Å². The fourth-order valence-corrected chi connectivity index (χ4v) is 3.54. The minimum Gasteiger partial charge on any atom is -0.495 e. The Morgan fingerprint density at radius 3 is 2.48 bits per heavy atom. The van der Waals surface area contributed by atoms with Gasteiger partial charge in [-0.1, -0.05) is 24.3 Å². The van der Waals surface area contributed by atoms with E-state index in [-0.39, 0.29) is 16.9 Å². The smallest absolute Gasteiger partial charge is 0.259 e. The van der Waals surface area contributed by atoms with Gasteiger partial charge in [0.25, 0.3) is 5.91 Å². The van der Waals surface area contributed by atoms with Gasteiger partial charge in [-0.25, -0.2) is 0 Å². The quantitative estimate of drug-likeness (QED) is 0.777. The molecule has 6 heteroatoms. The summed E-state index contributed by atoms with van der Waals surface area (Å²) in [5, 5.41) is 0.538. The van der Waals surface area contributed by atoms with E-state index in [0.717, 1.165) is 17.0 Å². The van der Waals surface area contributed by atoms with E-state index in [1.807, 2.05) is 36.4 Å². The normalized spacial score (nSPS) is 14.4. The number of methoxy groups -OCH3 is 1. The number of amides is 1. The summed E-state index contributed by atoms with van der Waals surface area (Å²) in [7, 11) is 1.66. The molecule has 2 aromatic carbocycles. The number of aromatic nitrogens is 1. The van der Waals surface area contributed by atoms with Gasteiger partial charge in [0.2, 0.25) is 5.43 Å². The van der Waals surface area contributed by atoms with Crippen molar-refractivity contribution in [1.29, 1.82) is 0 Å². The third-order valence-electron chi connectivity index (χ3n) is 5.01. The van der Waals surface area contributed by atoms with Crippen LogP contribution in [0.5, 0.6) is 5.75 Å². The lowest BCUT2D eigenvalue weighted by atomic mass is 10.1. The van der Waals surface area contributed by atoms with Crippen molar-refractivity contribution in [1.82, 2.24) is 9.88 Å². The third kappa shape index (κ3) is 3.14. The summed E-state index contributed by atoms with van der Waals surface area (Å²) in [5.74, 6) is 0.602. The van der Waals surface area contributed by atoms with Crippen LogP contribution >= 0.6 is 0 Å². The van der Waals surface area contributed by atoms with Gasteiger partial charge in [-0.05, 0) is 24.3 Å². The van der Waals surface area contributed by atoms with Crippen LogP contribution in [0.4, 0.5) is 5.69 Å². The largest absolute Gasteiger partial charge is 0.495 e. The molecule has 27 heavy (non-hydrogen) atoms. The zero-order chi connectivity index (χ0) is 18.8. The number of nitrogens with one attached hydrogen (secondary N) is 1. The molecule has 6 nitrogen and oxygen atoms in total. The van der Waals surface area contributed by atoms with Crippen LogP contribution in [0, 0.1) is 0 Å². The lowest BCUT2D eigenvalue weighted by Gasteiger charge is -2.36. The number of H-pyrrole nitrogens is 1. The minimum absolute atomic E-state index is 0.194. The standard InChI is InChI=1S/C21H21N3O3/c1-27-19-9-5-4-8-18(19)23-10-12-24(13-11-23)21(26)16-14-22-17-7-3-2-6-15(17)20(16)25/h2-9,14H,10-13H2,1H3,(H,22,25). The molecule has 4 rings (SSSR count). The fourth-order valence-electron chi connectivity index (χ4n) is 3.54. The van der Waals surface area contributed by atoms with Crippen LogP contribution in [-0.2, 0) is 0 Å². The summed E-state index contributed by atoms with van der Waals surface area (Å²) in [4.78, 5) is 32.6. The Balaban J connectivity index is 1.52. The second-order valence-corrected chi connectivity index (χ2v) is 6.53. The number of para-hydroxylation sites is 3. The Labute approximate surface area is 157 Å². The molecule has 1 fully saturated rings. The summed E-state index contributed by atoms with van der Waals surface area (Å²) in [6, 6.07) is 15.1. The van der Waals surface area contributed by atoms with Crippen LogP contribution < -0.4 is 15.1 Å². The molecule has 1 saturated heterocycles. The van der Waals surface area contributed by atoms with E-state index < -0.39 is 0 Å². The average Bonchev–Trinajstić information content (AvgIpc) is 2.74. The van der Waals surface area contributed by atoms with Crippen LogP contribution in [0.15, 0.2) is 59.5 Å². The molecule has 1 amide bonds. The van der Waals surface area contributed by atoms with E-state index in [2.05, 4.69) is 9.88 Å². The number of hydrogen-bond acceptors (Lipinski definition) is 4. The van der Waals surface area contributed by atoms with Crippen molar-refractivity contribution in [2.75, 3.05) is 38.2 Å². The van der Waals surface area contributed by atoms with Gasteiger partial charge in [0.15, 0.2) is 0 Å². The van der Waals surface area contributed by atoms with E-state index >= 15 is 0 Å². The molecule has 0 saturated carbocycles. The molecule has 0 unspecified atom stereocenters. The highest BCUT2D eigenvalue weighted by Crippen LogP contribution is 2.28. The van der Waals surface area contributed by atoms with Crippen LogP contribution in [-0.4, -0.2) is 49.1 Å². The van der Waals surface area contributed by atoms with Crippen LogP contribution in [0.3, 0.4) is 0 Å². The summed E-state index contributed by atoms with van der Waals surface area (Å²) >= 11 is 0. The SMILES string of the molecule is COc1ccccc1N1CCN(C(=O)c2c[nH]c3ccccc3c2=O)CC1. The number of carbonyl (C=O) groups is 1. The lowest BCUT2D eigenvalue weighted by molar-refractivity contribution is 0.0745. The maximum atomic E-state index is 12.9. The predicted molar refractivity (Wildman–Crippen MR) is 106 cm³/mol. The van der Waals surface area contributed by atoms with Crippen molar-refractivity contribution in [2.24, 2.45) is 0 Å². The number of pyridine rings is 1. The minimum atomic E-state index is -0.221. The topological polar surface area (TPSA) is 65.6 Å². The van der Waals surface area contributed by atoms with Crippen molar-refractivity contribution in [3.8, 4) is 5.75 Å². The first kappa shape index (κ1) is 17.1. The van der Waals surface area contributed by atoms with Gasteiger partial charge in [-0.15, -0.1) is 0 Å². The first-order chi connectivity index (χ1) is 13.2. The summed E-state index contributed by atoms with van der Waals surface area (Å²) in [6.07, 6.45) is 1.53. The molecule has 0 bridgehead atoms. The Kier molecular flexibility index (Phi) is 4.54. The van der Waals surface area contributed by atoms with Crippen molar-refractivity contribution in [3.63, 3.8) is 0 Å². The van der Waals surface area contributed by atoms with Crippen molar-refractivity contribution >= 4 is 22.5 Å². The molecule has 3 aromatic rings. The first-order valence-corrected chi connectivity index (χ1v) is 8.96. The van der Waals surface area contributed by atoms with Crippen molar-refractivity contribution in [2.45, 2.75) is 0 Å². The summed E-state index contributed by atoms with van der Waals surface area (Å²) in [6.45, 7) is 2.50. The molecule has 1 aromatic heterocycles. The highest BCUT2D eigenvalue weighted by atomic mass is 16.5. The number of carbonyl (C=O) groups excluding carboxylic acids is 1. The van der Waals surface area contributed by atoms with Gasteiger partial charge in [0.1, 0.15) is 11.3 Å². The highest BCUT2D eigenvalue weighted by molar-refractivity contribution is 5.97. The zero-order valence-electron chi connectivity index (χ0n) is 15.1.